The van der Waals surface area contributed by atoms with Crippen LogP contribution in [0, 0.1) is 5.92 Å². The maximum absolute atomic E-state index is 13.6. The van der Waals surface area contributed by atoms with Crippen molar-refractivity contribution in [3.05, 3.63) is 29.3 Å². The number of likely N-dealkylation sites (tertiary alicyclic amines) is 1. The first-order valence-electron chi connectivity index (χ1n) is 12.2. The quantitative estimate of drug-likeness (QED) is 0.497. The van der Waals surface area contributed by atoms with E-state index in [1.54, 1.807) is 41.5 Å². The first-order valence-corrected chi connectivity index (χ1v) is 12.2. The lowest BCUT2D eigenvalue weighted by Gasteiger charge is -2.36. The van der Waals surface area contributed by atoms with Gasteiger partial charge < -0.3 is 14.4 Å². The van der Waals surface area contributed by atoms with Crippen LogP contribution < -0.4 is 4.90 Å². The lowest BCUT2D eigenvalue weighted by atomic mass is 9.91. The van der Waals surface area contributed by atoms with Gasteiger partial charge in [0, 0.05) is 37.7 Å². The van der Waals surface area contributed by atoms with Crippen molar-refractivity contribution in [2.75, 3.05) is 24.5 Å². The molecule has 2 heterocycles. The van der Waals surface area contributed by atoms with Crippen molar-refractivity contribution in [1.82, 2.24) is 4.90 Å². The number of ether oxygens (including phenoxy) is 2. The van der Waals surface area contributed by atoms with Gasteiger partial charge in [-0.1, -0.05) is 6.07 Å². The number of alkyl halides is 3. The molecule has 3 rings (SSSR count). The topological polar surface area (TPSA) is 76.2 Å². The fraction of sp³-hybridized carbons (Fsp3) is 0.654. The van der Waals surface area contributed by atoms with Gasteiger partial charge in [0.15, 0.2) is 0 Å². The Labute approximate surface area is 209 Å². The average Bonchev–Trinajstić information content (AvgIpc) is 3.12. The highest BCUT2D eigenvalue weighted by atomic mass is 19.4. The van der Waals surface area contributed by atoms with Crippen molar-refractivity contribution >= 4 is 23.7 Å². The third-order valence-electron chi connectivity index (χ3n) is 6.11. The lowest BCUT2D eigenvalue weighted by molar-refractivity contribution is -0.160. The number of imide groups is 1. The monoisotopic (exact) mass is 512 g/mol. The molecule has 0 aromatic heterocycles. The van der Waals surface area contributed by atoms with Crippen molar-refractivity contribution in [1.29, 1.82) is 0 Å². The number of benzene rings is 1. The van der Waals surface area contributed by atoms with Crippen LogP contribution >= 0.6 is 0 Å². The zero-order valence-corrected chi connectivity index (χ0v) is 21.7. The maximum atomic E-state index is 13.6. The molecule has 0 aliphatic carbocycles. The molecule has 2 amide bonds. The van der Waals surface area contributed by atoms with Crippen LogP contribution in [0.25, 0.3) is 0 Å². The molecule has 0 spiro atoms. The van der Waals surface area contributed by atoms with Crippen LogP contribution in [-0.4, -0.2) is 53.7 Å². The summed E-state index contributed by atoms with van der Waals surface area (Å²) < 4.78 is 51.5. The number of halogens is 3. The molecule has 2 aliphatic rings. The summed E-state index contributed by atoms with van der Waals surface area (Å²) in [6, 6.07) is 3.51. The molecule has 2 aliphatic heterocycles. The number of piperidine rings is 1. The molecule has 36 heavy (non-hydrogen) atoms. The van der Waals surface area contributed by atoms with Crippen LogP contribution in [0.2, 0.25) is 0 Å². The normalized spacial score (nSPS) is 20.0. The zero-order chi connectivity index (χ0) is 27.1. The molecular formula is C26H35F3N2O5. The van der Waals surface area contributed by atoms with E-state index < -0.39 is 40.9 Å². The van der Waals surface area contributed by atoms with Crippen molar-refractivity contribution in [2.45, 2.75) is 84.1 Å². The van der Waals surface area contributed by atoms with Gasteiger partial charge >= 0.3 is 18.2 Å². The fourth-order valence-corrected chi connectivity index (χ4v) is 4.49. The minimum absolute atomic E-state index is 0.00796. The lowest BCUT2D eigenvalue weighted by Crippen LogP contribution is -2.39. The van der Waals surface area contributed by atoms with Gasteiger partial charge in [0.1, 0.15) is 11.2 Å². The molecule has 0 unspecified atom stereocenters. The van der Waals surface area contributed by atoms with Gasteiger partial charge in [-0.15, -0.1) is 0 Å². The molecule has 10 heteroatoms. The van der Waals surface area contributed by atoms with E-state index in [1.165, 1.54) is 6.07 Å². The Morgan fingerprint density at radius 1 is 0.944 bits per heavy atom. The van der Waals surface area contributed by atoms with Gasteiger partial charge in [-0.05, 0) is 72.1 Å². The Morgan fingerprint density at radius 2 is 1.53 bits per heavy atom. The predicted octanol–water partition coefficient (Wildman–Crippen LogP) is 5.51. The molecule has 1 aromatic carbocycles. The minimum Gasteiger partial charge on any atom is -0.460 e. The van der Waals surface area contributed by atoms with E-state index in [1.807, 2.05) is 4.90 Å². The third kappa shape index (κ3) is 6.91. The zero-order valence-electron chi connectivity index (χ0n) is 21.7. The van der Waals surface area contributed by atoms with Crippen molar-refractivity contribution in [2.24, 2.45) is 5.92 Å². The summed E-state index contributed by atoms with van der Waals surface area (Å²) in [5.74, 6) is -1.53. The summed E-state index contributed by atoms with van der Waals surface area (Å²) >= 11 is 0. The van der Waals surface area contributed by atoms with Gasteiger partial charge in [0.2, 0.25) is 5.91 Å². The van der Waals surface area contributed by atoms with Gasteiger partial charge in [0.05, 0.1) is 11.5 Å². The first kappa shape index (κ1) is 27.8. The molecule has 0 bridgehead atoms. The first-order chi connectivity index (χ1) is 16.4. The smallest absolute Gasteiger partial charge is 0.417 e. The second-order valence-electron chi connectivity index (χ2n) is 11.5. The van der Waals surface area contributed by atoms with Crippen LogP contribution in [0.1, 0.15) is 77.8 Å². The van der Waals surface area contributed by atoms with Crippen molar-refractivity contribution in [3.63, 3.8) is 0 Å². The third-order valence-corrected chi connectivity index (χ3v) is 6.11. The number of anilines is 1. The number of carbonyl (C=O) groups excluding carboxylic acids is 3. The van der Waals surface area contributed by atoms with Crippen LogP contribution in [0.4, 0.5) is 23.7 Å². The van der Waals surface area contributed by atoms with Crippen LogP contribution in [0.5, 0.6) is 0 Å². The van der Waals surface area contributed by atoms with Crippen LogP contribution in [0.15, 0.2) is 18.2 Å². The molecule has 1 atom stereocenters. The fourth-order valence-electron chi connectivity index (χ4n) is 4.49. The standard InChI is InChI=1S/C26H35F3N2O5/c1-24(2,3)35-22(33)16-9-11-30(12-10-16)20-14-18(26(27,28)29)7-8-19(20)17-13-21(32)31(15-17)23(34)36-25(4,5)6/h7-8,14,16-17H,9-13,15H2,1-6H3/t17-/m1/s1. The van der Waals surface area contributed by atoms with E-state index in [0.29, 0.717) is 37.2 Å². The number of amides is 2. The number of hydrogen-bond donors (Lipinski definition) is 0. The number of rotatable bonds is 3. The number of hydrogen-bond acceptors (Lipinski definition) is 6. The van der Waals surface area contributed by atoms with E-state index >= 15 is 0 Å². The molecule has 0 radical (unpaired) electrons. The van der Waals surface area contributed by atoms with Crippen molar-refractivity contribution in [3.8, 4) is 0 Å². The van der Waals surface area contributed by atoms with Crippen LogP contribution in [0.3, 0.4) is 0 Å². The van der Waals surface area contributed by atoms with E-state index in [0.717, 1.165) is 17.0 Å². The maximum Gasteiger partial charge on any atom is 0.417 e. The summed E-state index contributed by atoms with van der Waals surface area (Å²) in [5.41, 5.74) is -1.25. The second kappa shape index (κ2) is 9.94. The molecule has 7 nitrogen and oxygen atoms in total. The van der Waals surface area contributed by atoms with Gasteiger partial charge in [-0.2, -0.15) is 13.2 Å². The predicted molar refractivity (Wildman–Crippen MR) is 128 cm³/mol. The largest absolute Gasteiger partial charge is 0.460 e. The minimum atomic E-state index is -4.53. The van der Waals surface area contributed by atoms with Crippen molar-refractivity contribution < 1.29 is 37.0 Å². The van der Waals surface area contributed by atoms with Gasteiger partial charge in [-0.3, -0.25) is 9.59 Å². The highest BCUT2D eigenvalue weighted by Gasteiger charge is 2.40. The summed E-state index contributed by atoms with van der Waals surface area (Å²) in [6.45, 7) is 11.2. The van der Waals surface area contributed by atoms with E-state index in [9.17, 15) is 27.6 Å². The highest BCUT2D eigenvalue weighted by Crippen LogP contribution is 2.40. The molecule has 2 saturated heterocycles. The number of nitrogens with zero attached hydrogens (tertiary/aromatic N) is 2. The molecule has 0 saturated carbocycles. The van der Waals surface area contributed by atoms with E-state index in [4.69, 9.17) is 9.47 Å². The summed E-state index contributed by atoms with van der Waals surface area (Å²) in [5, 5.41) is 0. The second-order valence-corrected chi connectivity index (χ2v) is 11.5. The van der Waals surface area contributed by atoms with E-state index in [2.05, 4.69) is 0 Å². The Kier molecular flexibility index (Phi) is 7.67. The molecule has 0 N–H and O–H groups in total. The Bertz CT molecular complexity index is 1000. The van der Waals surface area contributed by atoms with Gasteiger partial charge in [0.25, 0.3) is 0 Å². The molecule has 2 fully saturated rings. The average molecular weight is 513 g/mol. The highest BCUT2D eigenvalue weighted by molar-refractivity contribution is 5.94. The van der Waals surface area contributed by atoms with E-state index in [-0.39, 0.29) is 24.9 Å². The Hall–Kier alpha value is -2.78. The summed E-state index contributed by atoms with van der Waals surface area (Å²) in [6.07, 6.45) is -4.42. The SMILES string of the molecule is CC(C)(C)OC(=O)C1CCN(c2cc(C(F)(F)F)ccc2[C@@H]2CC(=O)N(C(=O)OC(C)(C)C)C2)CC1. The molecular weight excluding hydrogens is 477 g/mol. The molecule has 200 valence electrons. The summed E-state index contributed by atoms with van der Waals surface area (Å²) in [4.78, 5) is 40.4. The Balaban J connectivity index is 1.83. The van der Waals surface area contributed by atoms with Crippen LogP contribution in [-0.2, 0) is 25.2 Å². The van der Waals surface area contributed by atoms with Gasteiger partial charge in [-0.25, -0.2) is 9.69 Å². The Morgan fingerprint density at radius 3 is 2.06 bits per heavy atom. The number of carbonyl (C=O) groups is 3. The summed E-state index contributed by atoms with van der Waals surface area (Å²) in [7, 11) is 0. The molecule has 1 aromatic rings. The number of esters is 1.